The van der Waals surface area contributed by atoms with Gasteiger partial charge in [0, 0.05) is 0 Å². The van der Waals surface area contributed by atoms with E-state index in [0.717, 1.165) is 11.3 Å². The topological polar surface area (TPSA) is 149 Å². The second-order valence-corrected chi connectivity index (χ2v) is 7.86. The zero-order valence-electron chi connectivity index (χ0n) is 12.5. The van der Waals surface area contributed by atoms with Crippen molar-refractivity contribution < 1.29 is 27.6 Å². The van der Waals surface area contributed by atoms with E-state index >= 15 is 0 Å². The maximum absolute atomic E-state index is 11.8. The van der Waals surface area contributed by atoms with Crippen LogP contribution in [-0.4, -0.2) is 39.1 Å². The number of ether oxygens (including phenoxy) is 1. The molecule has 9 nitrogen and oxygen atoms in total. The Kier molecular flexibility index (Phi) is 6.51. The smallest absolute Gasteiger partial charge is 0.332 e. The average molecular weight is 363 g/mol. The summed E-state index contributed by atoms with van der Waals surface area (Å²) in [6, 6.07) is 1.25. The van der Waals surface area contributed by atoms with Gasteiger partial charge in [-0.25, -0.2) is 18.7 Å². The number of thiophene rings is 1. The first kappa shape index (κ1) is 18.9. The Labute approximate surface area is 137 Å². The summed E-state index contributed by atoms with van der Waals surface area (Å²) in [5.74, 6) is -1.78. The number of carbonyl (C=O) groups is 2. The molecule has 23 heavy (non-hydrogen) atoms. The van der Waals surface area contributed by atoms with Crippen LogP contribution in [0.3, 0.4) is 0 Å². The van der Waals surface area contributed by atoms with Crippen molar-refractivity contribution in [3.63, 3.8) is 0 Å². The van der Waals surface area contributed by atoms with Crippen molar-refractivity contribution in [3.05, 3.63) is 11.6 Å². The number of anilines is 1. The van der Waals surface area contributed by atoms with Gasteiger partial charge in [0.25, 0.3) is 0 Å². The number of nitrogen functional groups attached to an aromatic ring is 1. The molecule has 1 aromatic heterocycles. The zero-order valence-corrected chi connectivity index (χ0v) is 14.2. The molecule has 1 heterocycles. The second-order valence-electron chi connectivity index (χ2n) is 4.27. The Morgan fingerprint density at radius 3 is 2.52 bits per heavy atom. The molecule has 11 heteroatoms. The Hall–Kier alpha value is -2.14. The average Bonchev–Trinajstić information content (AvgIpc) is 2.92. The van der Waals surface area contributed by atoms with E-state index in [9.17, 15) is 18.0 Å². The van der Waals surface area contributed by atoms with Crippen molar-refractivity contribution in [2.24, 2.45) is 0 Å². The summed E-state index contributed by atoms with van der Waals surface area (Å²) in [5, 5.41) is 7.85. The highest BCUT2D eigenvalue weighted by Crippen LogP contribution is 2.29. The van der Waals surface area contributed by atoms with Crippen LogP contribution in [0.25, 0.3) is 0 Å². The Morgan fingerprint density at radius 2 is 1.96 bits per heavy atom. The van der Waals surface area contributed by atoms with Gasteiger partial charge >= 0.3 is 11.9 Å². The minimum atomic E-state index is -3.43. The van der Waals surface area contributed by atoms with Gasteiger partial charge in [0.1, 0.15) is 4.21 Å². The van der Waals surface area contributed by atoms with Crippen LogP contribution in [0.1, 0.15) is 25.3 Å². The summed E-state index contributed by atoms with van der Waals surface area (Å²) in [7, 11) is -2.23. The highest BCUT2D eigenvalue weighted by Gasteiger charge is 2.20. The molecule has 0 aliphatic rings. The molecule has 0 saturated heterocycles. The SMILES string of the molecule is CCS(=O)(=O)c1cc(C(=N)NOC(=O)CCC(=O)OC)c(N)s1. The first-order chi connectivity index (χ1) is 10.7. The fourth-order valence-electron chi connectivity index (χ4n) is 1.39. The van der Waals surface area contributed by atoms with E-state index in [1.807, 2.05) is 0 Å². The fraction of sp³-hybridized carbons (Fsp3) is 0.417. The fourth-order valence-corrected chi connectivity index (χ4v) is 3.77. The molecule has 0 aliphatic heterocycles. The molecular formula is C12H17N3O6S2. The molecule has 1 aromatic rings. The van der Waals surface area contributed by atoms with E-state index in [1.165, 1.54) is 20.1 Å². The molecule has 0 radical (unpaired) electrons. The van der Waals surface area contributed by atoms with Gasteiger partial charge in [-0.15, -0.1) is 11.3 Å². The van der Waals surface area contributed by atoms with E-state index in [-0.39, 0.29) is 39.2 Å². The second kappa shape index (κ2) is 7.92. The minimum absolute atomic E-state index is 0.0380. The van der Waals surface area contributed by atoms with Crippen LogP contribution >= 0.6 is 11.3 Å². The number of rotatable bonds is 6. The largest absolute Gasteiger partial charge is 0.469 e. The summed E-state index contributed by atoms with van der Waals surface area (Å²) in [6.45, 7) is 1.50. The first-order valence-corrected chi connectivity index (χ1v) is 8.91. The normalized spacial score (nSPS) is 10.9. The molecule has 0 unspecified atom stereocenters. The van der Waals surface area contributed by atoms with Gasteiger partial charge in [-0.1, -0.05) is 6.92 Å². The minimum Gasteiger partial charge on any atom is -0.469 e. The molecule has 4 N–H and O–H groups in total. The number of hydrogen-bond acceptors (Lipinski definition) is 9. The predicted octanol–water partition coefficient (Wildman–Crippen LogP) is 0.450. The van der Waals surface area contributed by atoms with Crippen molar-refractivity contribution >= 4 is 43.9 Å². The Bertz CT molecular complexity index is 710. The molecule has 0 fully saturated rings. The third-order valence-electron chi connectivity index (χ3n) is 2.72. The molecule has 0 aromatic carbocycles. The Balaban J connectivity index is 2.66. The molecule has 0 amide bonds. The summed E-state index contributed by atoms with van der Waals surface area (Å²) < 4.78 is 27.9. The van der Waals surface area contributed by atoms with E-state index in [1.54, 1.807) is 0 Å². The highest BCUT2D eigenvalue weighted by molar-refractivity contribution is 7.93. The monoisotopic (exact) mass is 363 g/mol. The van der Waals surface area contributed by atoms with Crippen LogP contribution < -0.4 is 11.2 Å². The van der Waals surface area contributed by atoms with E-state index < -0.39 is 21.8 Å². The predicted molar refractivity (Wildman–Crippen MR) is 83.8 cm³/mol. The lowest BCUT2D eigenvalue weighted by molar-refractivity contribution is -0.151. The third-order valence-corrected chi connectivity index (χ3v) is 5.98. The molecule has 0 aliphatic carbocycles. The van der Waals surface area contributed by atoms with Crippen LogP contribution in [0.4, 0.5) is 5.00 Å². The lowest BCUT2D eigenvalue weighted by Crippen LogP contribution is -2.27. The maximum atomic E-state index is 11.8. The molecule has 128 valence electrons. The van der Waals surface area contributed by atoms with Gasteiger partial charge in [-0.05, 0) is 6.07 Å². The quantitative estimate of drug-likeness (QED) is 0.285. The number of nitrogens with two attached hydrogens (primary N) is 1. The number of amidine groups is 1. The van der Waals surface area contributed by atoms with Gasteiger partial charge < -0.3 is 15.3 Å². The number of nitrogens with one attached hydrogen (secondary N) is 2. The van der Waals surface area contributed by atoms with E-state index in [0.29, 0.717) is 0 Å². The van der Waals surface area contributed by atoms with E-state index in [4.69, 9.17) is 11.1 Å². The lowest BCUT2D eigenvalue weighted by atomic mass is 10.3. The summed E-state index contributed by atoms with van der Waals surface area (Å²) in [6.07, 6.45) is -0.370. The van der Waals surface area contributed by atoms with Gasteiger partial charge in [0.15, 0.2) is 15.7 Å². The van der Waals surface area contributed by atoms with Gasteiger partial charge in [0.2, 0.25) is 0 Å². The number of esters is 1. The highest BCUT2D eigenvalue weighted by atomic mass is 32.2. The van der Waals surface area contributed by atoms with Gasteiger partial charge in [0.05, 0.1) is 36.3 Å². The molecule has 0 bridgehead atoms. The lowest BCUT2D eigenvalue weighted by Gasteiger charge is -2.07. The molecule has 1 rings (SSSR count). The van der Waals surface area contributed by atoms with Crippen molar-refractivity contribution in [1.29, 1.82) is 5.41 Å². The van der Waals surface area contributed by atoms with Gasteiger partial charge in [-0.2, -0.15) is 0 Å². The number of hydrogen-bond donors (Lipinski definition) is 3. The molecular weight excluding hydrogens is 346 g/mol. The van der Waals surface area contributed by atoms with Crippen LogP contribution in [0.2, 0.25) is 0 Å². The van der Waals surface area contributed by atoms with Crippen molar-refractivity contribution in [1.82, 2.24) is 5.48 Å². The van der Waals surface area contributed by atoms with Gasteiger partial charge in [-0.3, -0.25) is 10.2 Å². The molecule has 0 spiro atoms. The number of sulfone groups is 1. The summed E-state index contributed by atoms with van der Waals surface area (Å²) >= 11 is 0.833. The summed E-state index contributed by atoms with van der Waals surface area (Å²) in [4.78, 5) is 26.9. The molecule has 0 atom stereocenters. The standard InChI is InChI=1S/C12H17N3O6S2/c1-3-23(18,19)10-6-7(12(14)22-10)11(13)15-21-9(17)5-4-8(16)20-2/h6H,3-5,14H2,1-2H3,(H2,13,15). The van der Waals surface area contributed by atoms with Crippen molar-refractivity contribution in [2.45, 2.75) is 24.0 Å². The van der Waals surface area contributed by atoms with E-state index in [2.05, 4.69) is 15.1 Å². The third kappa shape index (κ3) is 5.21. The number of hydroxylamine groups is 1. The van der Waals surface area contributed by atoms with Crippen LogP contribution in [0, 0.1) is 5.41 Å². The Morgan fingerprint density at radius 1 is 1.35 bits per heavy atom. The number of carbonyl (C=O) groups excluding carboxylic acids is 2. The van der Waals surface area contributed by atoms with Crippen LogP contribution in [0.15, 0.2) is 10.3 Å². The van der Waals surface area contributed by atoms with Crippen LogP contribution in [0.5, 0.6) is 0 Å². The maximum Gasteiger partial charge on any atom is 0.332 e. The van der Waals surface area contributed by atoms with Crippen LogP contribution in [-0.2, 0) is 29.0 Å². The van der Waals surface area contributed by atoms with Crippen molar-refractivity contribution in [3.8, 4) is 0 Å². The zero-order chi connectivity index (χ0) is 17.6. The summed E-state index contributed by atoms with van der Waals surface area (Å²) in [5.41, 5.74) is 7.88. The first-order valence-electron chi connectivity index (χ1n) is 6.44. The number of methoxy groups -OCH3 is 1. The van der Waals surface area contributed by atoms with Crippen molar-refractivity contribution in [2.75, 3.05) is 18.6 Å². The molecule has 0 saturated carbocycles.